The lowest BCUT2D eigenvalue weighted by molar-refractivity contribution is -0.140. The predicted octanol–water partition coefficient (Wildman–Crippen LogP) is 5.51. The molecule has 2 amide bonds. The quantitative estimate of drug-likeness (QED) is 0.238. The first-order chi connectivity index (χ1) is 20.0. The maximum atomic E-state index is 14.1. The van der Waals surface area contributed by atoms with Gasteiger partial charge in [0.1, 0.15) is 29.6 Å². The zero-order chi connectivity index (χ0) is 28.8. The number of para-hydroxylation sites is 1. The summed E-state index contributed by atoms with van der Waals surface area (Å²) >= 11 is 6.19. The fourth-order valence-corrected chi connectivity index (χ4v) is 4.70. The third-order valence-corrected chi connectivity index (χ3v) is 6.89. The van der Waals surface area contributed by atoms with Crippen LogP contribution in [0.15, 0.2) is 97.1 Å². The van der Waals surface area contributed by atoms with Crippen LogP contribution in [0.5, 0.6) is 11.5 Å². The molecule has 1 atom stereocenters. The van der Waals surface area contributed by atoms with Crippen molar-refractivity contribution in [1.82, 2.24) is 19.9 Å². The van der Waals surface area contributed by atoms with E-state index in [1.807, 2.05) is 54.6 Å². The number of methoxy groups -OCH3 is 2. The molecule has 5 rings (SSSR count). The van der Waals surface area contributed by atoms with Gasteiger partial charge in [-0.3, -0.25) is 9.59 Å². The van der Waals surface area contributed by atoms with Gasteiger partial charge in [-0.15, -0.1) is 5.10 Å². The van der Waals surface area contributed by atoms with Crippen LogP contribution in [0.4, 0.5) is 5.69 Å². The highest BCUT2D eigenvalue weighted by Crippen LogP contribution is 2.32. The van der Waals surface area contributed by atoms with E-state index in [1.165, 1.54) is 7.11 Å². The normalized spacial score (nSPS) is 11.6. The molecule has 4 aromatic carbocycles. The SMILES string of the molecule is COc1ccc(NC(=O)[C@@H](c2ccc(Cl)cc2)N(Cc2ccccc2)C(=O)Cn2nnc3ccccc32)c(OC)c1. The number of fused-ring (bicyclic) bond motifs is 1. The molecule has 0 saturated carbocycles. The number of anilines is 1. The van der Waals surface area contributed by atoms with Crippen LogP contribution in [0.3, 0.4) is 0 Å². The maximum Gasteiger partial charge on any atom is 0.251 e. The highest BCUT2D eigenvalue weighted by Gasteiger charge is 2.33. The number of nitrogens with zero attached hydrogens (tertiary/aromatic N) is 4. The van der Waals surface area contributed by atoms with E-state index < -0.39 is 11.9 Å². The topological polar surface area (TPSA) is 98.6 Å². The van der Waals surface area contributed by atoms with Gasteiger partial charge in [-0.2, -0.15) is 0 Å². The van der Waals surface area contributed by atoms with Crippen molar-refractivity contribution in [1.29, 1.82) is 0 Å². The van der Waals surface area contributed by atoms with E-state index in [0.29, 0.717) is 33.3 Å². The Bertz CT molecular complexity index is 1660. The molecule has 0 bridgehead atoms. The average Bonchev–Trinajstić information content (AvgIpc) is 3.41. The first-order valence-corrected chi connectivity index (χ1v) is 13.2. The molecule has 1 aromatic heterocycles. The largest absolute Gasteiger partial charge is 0.497 e. The second-order valence-electron chi connectivity index (χ2n) is 9.25. The van der Waals surface area contributed by atoms with E-state index in [1.54, 1.807) is 59.2 Å². The molecule has 9 nitrogen and oxygen atoms in total. The van der Waals surface area contributed by atoms with Gasteiger partial charge in [0.25, 0.3) is 5.91 Å². The second kappa shape index (κ2) is 12.5. The fourth-order valence-electron chi connectivity index (χ4n) is 4.58. The number of carbonyl (C=O) groups excluding carboxylic acids is 2. The van der Waals surface area contributed by atoms with E-state index in [0.717, 1.165) is 11.1 Å². The summed E-state index contributed by atoms with van der Waals surface area (Å²) in [6, 6.07) is 27.9. The first kappa shape index (κ1) is 27.7. The molecule has 0 aliphatic rings. The van der Waals surface area contributed by atoms with Gasteiger partial charge in [-0.1, -0.05) is 71.4 Å². The fraction of sp³-hybridized carbons (Fsp3) is 0.161. The molecule has 1 N–H and O–H groups in total. The Hall–Kier alpha value is -4.89. The summed E-state index contributed by atoms with van der Waals surface area (Å²) in [5.41, 5.74) is 3.28. The van der Waals surface area contributed by atoms with Crippen LogP contribution in [-0.2, 0) is 22.7 Å². The summed E-state index contributed by atoms with van der Waals surface area (Å²) in [6.07, 6.45) is 0. The Labute approximate surface area is 242 Å². The number of aromatic nitrogens is 3. The lowest BCUT2D eigenvalue weighted by Gasteiger charge is -2.32. The van der Waals surface area contributed by atoms with Gasteiger partial charge >= 0.3 is 0 Å². The highest BCUT2D eigenvalue weighted by molar-refractivity contribution is 6.30. The van der Waals surface area contributed by atoms with Crippen molar-refractivity contribution in [3.05, 3.63) is 113 Å². The Morgan fingerprint density at radius 3 is 2.39 bits per heavy atom. The van der Waals surface area contributed by atoms with Crippen molar-refractivity contribution in [2.75, 3.05) is 19.5 Å². The van der Waals surface area contributed by atoms with Crippen LogP contribution < -0.4 is 14.8 Å². The third-order valence-electron chi connectivity index (χ3n) is 6.63. The molecular formula is C31H28ClN5O4. The molecule has 10 heteroatoms. The van der Waals surface area contributed by atoms with Crippen LogP contribution >= 0.6 is 11.6 Å². The molecular weight excluding hydrogens is 542 g/mol. The molecule has 5 aromatic rings. The molecule has 208 valence electrons. The van der Waals surface area contributed by atoms with E-state index in [2.05, 4.69) is 15.6 Å². The molecule has 0 fully saturated rings. The van der Waals surface area contributed by atoms with Gasteiger partial charge in [-0.05, 0) is 47.5 Å². The molecule has 0 aliphatic carbocycles. The van der Waals surface area contributed by atoms with Gasteiger partial charge < -0.3 is 19.7 Å². The van der Waals surface area contributed by atoms with E-state index in [-0.39, 0.29) is 19.0 Å². The first-order valence-electron chi connectivity index (χ1n) is 12.9. The van der Waals surface area contributed by atoms with Crippen LogP contribution in [0, 0.1) is 0 Å². The van der Waals surface area contributed by atoms with Gasteiger partial charge in [-0.25, -0.2) is 4.68 Å². The van der Waals surface area contributed by atoms with Gasteiger partial charge in [0.2, 0.25) is 5.91 Å². The molecule has 0 saturated heterocycles. The van der Waals surface area contributed by atoms with E-state index in [4.69, 9.17) is 21.1 Å². The van der Waals surface area contributed by atoms with Crippen LogP contribution in [0.25, 0.3) is 11.0 Å². The summed E-state index contributed by atoms with van der Waals surface area (Å²) in [5.74, 6) is 0.252. The molecule has 0 spiro atoms. The van der Waals surface area contributed by atoms with Gasteiger partial charge in [0, 0.05) is 17.6 Å². The Balaban J connectivity index is 1.55. The monoisotopic (exact) mass is 569 g/mol. The number of benzene rings is 4. The van der Waals surface area contributed by atoms with Crippen molar-refractivity contribution >= 4 is 40.1 Å². The van der Waals surface area contributed by atoms with Gasteiger partial charge in [0.15, 0.2) is 0 Å². The second-order valence-corrected chi connectivity index (χ2v) is 9.69. The number of carbonyl (C=O) groups is 2. The predicted molar refractivity (Wildman–Crippen MR) is 157 cm³/mol. The average molecular weight is 570 g/mol. The summed E-state index contributed by atoms with van der Waals surface area (Å²) in [5, 5.41) is 11.8. The van der Waals surface area contributed by atoms with E-state index in [9.17, 15) is 9.59 Å². The van der Waals surface area contributed by atoms with Crippen molar-refractivity contribution in [3.63, 3.8) is 0 Å². The van der Waals surface area contributed by atoms with Gasteiger partial charge in [0.05, 0.1) is 25.4 Å². The maximum absolute atomic E-state index is 14.1. The number of nitrogens with one attached hydrogen (secondary N) is 1. The van der Waals surface area contributed by atoms with Crippen LogP contribution in [0.1, 0.15) is 17.2 Å². The number of ether oxygens (including phenoxy) is 2. The third kappa shape index (κ3) is 6.31. The summed E-state index contributed by atoms with van der Waals surface area (Å²) in [4.78, 5) is 29.7. The smallest absolute Gasteiger partial charge is 0.251 e. The number of amides is 2. The molecule has 1 heterocycles. The number of hydrogen-bond donors (Lipinski definition) is 1. The Morgan fingerprint density at radius 1 is 0.927 bits per heavy atom. The summed E-state index contributed by atoms with van der Waals surface area (Å²) in [7, 11) is 3.06. The lowest BCUT2D eigenvalue weighted by atomic mass is 10.0. The minimum absolute atomic E-state index is 0.115. The minimum atomic E-state index is -1.01. The zero-order valence-electron chi connectivity index (χ0n) is 22.5. The zero-order valence-corrected chi connectivity index (χ0v) is 23.3. The Kier molecular flexibility index (Phi) is 8.45. The molecule has 0 radical (unpaired) electrons. The van der Waals surface area contributed by atoms with Crippen LogP contribution in [0.2, 0.25) is 5.02 Å². The van der Waals surface area contributed by atoms with E-state index >= 15 is 0 Å². The van der Waals surface area contributed by atoms with Crippen LogP contribution in [-0.4, -0.2) is 45.9 Å². The van der Waals surface area contributed by atoms with Crippen molar-refractivity contribution in [2.24, 2.45) is 0 Å². The van der Waals surface area contributed by atoms with Crippen molar-refractivity contribution < 1.29 is 19.1 Å². The highest BCUT2D eigenvalue weighted by atomic mass is 35.5. The molecule has 0 aliphatic heterocycles. The van der Waals surface area contributed by atoms with Crippen molar-refractivity contribution in [3.8, 4) is 11.5 Å². The standard InChI is InChI=1S/C31H28ClN5O4/c1-40-24-16-17-26(28(18-24)41-2)33-31(39)30(22-12-14-23(32)15-13-22)36(19-21-8-4-3-5-9-21)29(38)20-37-27-11-7-6-10-25(27)34-35-37/h3-18,30H,19-20H2,1-2H3,(H,33,39)/t30-/m1/s1. The minimum Gasteiger partial charge on any atom is -0.497 e. The number of halogens is 1. The van der Waals surface area contributed by atoms with Crippen molar-refractivity contribution in [2.45, 2.75) is 19.1 Å². The molecule has 0 unspecified atom stereocenters. The summed E-state index contributed by atoms with van der Waals surface area (Å²) in [6.45, 7) is 0.0589. The lowest BCUT2D eigenvalue weighted by Crippen LogP contribution is -2.42. The number of hydrogen-bond acceptors (Lipinski definition) is 6. The number of rotatable bonds is 10. The molecule has 41 heavy (non-hydrogen) atoms. The Morgan fingerprint density at radius 2 is 1.66 bits per heavy atom. The summed E-state index contributed by atoms with van der Waals surface area (Å²) < 4.78 is 12.3.